The van der Waals surface area contributed by atoms with Gasteiger partial charge in [-0.05, 0) is 33.3 Å². The van der Waals surface area contributed by atoms with E-state index in [-0.39, 0.29) is 22.2 Å². The van der Waals surface area contributed by atoms with Gasteiger partial charge in [-0.1, -0.05) is 17.3 Å². The zero-order valence-electron chi connectivity index (χ0n) is 21.3. The zero-order chi connectivity index (χ0) is 28.2. The number of carbonyl (C=O) groups is 5. The molecule has 2 atom stereocenters. The van der Waals surface area contributed by atoms with Gasteiger partial charge in [-0.25, -0.2) is 14.6 Å². The number of thiazole rings is 1. The molecule has 1 aromatic rings. The molecule has 3 N–H and O–H groups in total. The van der Waals surface area contributed by atoms with Crippen LogP contribution in [-0.4, -0.2) is 69.3 Å². The van der Waals surface area contributed by atoms with Crippen LogP contribution in [0.2, 0.25) is 0 Å². The third-order valence-corrected chi connectivity index (χ3v) is 7.06. The molecular weight excluding hydrogens is 538 g/mol. The van der Waals surface area contributed by atoms with Gasteiger partial charge in [0.15, 0.2) is 10.8 Å². The number of nitrogen functional groups attached to an aromatic ring is 1. The molecule has 38 heavy (non-hydrogen) atoms. The lowest BCUT2D eigenvalue weighted by atomic mass is 9.98. The lowest BCUT2D eigenvalue weighted by Gasteiger charge is -2.49. The highest BCUT2D eigenvalue weighted by atomic mass is 32.2. The third kappa shape index (κ3) is 6.39. The van der Waals surface area contributed by atoms with Crippen molar-refractivity contribution in [2.75, 3.05) is 18.3 Å². The molecule has 2 aliphatic rings. The Bertz CT molecular complexity index is 1250. The SMILES string of the molecule is C/C=C/C1=C(C(=O)OCOC(=O)C(C)(C)C)N2C(=O)[C@@H](NC(=O)/C(=N\OC(C)=O)c3csc(N)n3)[C@H]2SC1. The molecule has 15 heteroatoms. The van der Waals surface area contributed by atoms with Gasteiger partial charge in [0, 0.05) is 18.1 Å². The highest BCUT2D eigenvalue weighted by molar-refractivity contribution is 8.00. The number of esters is 2. The number of carbonyl (C=O) groups excluding carboxylic acids is 5. The number of anilines is 1. The van der Waals surface area contributed by atoms with Crippen molar-refractivity contribution in [3.8, 4) is 0 Å². The number of fused-ring (bicyclic) bond motifs is 1. The Morgan fingerprint density at radius 1 is 1.29 bits per heavy atom. The Kier molecular flexibility index (Phi) is 8.93. The minimum Gasteiger partial charge on any atom is -0.427 e. The number of nitrogens with two attached hydrogens (primary N) is 1. The number of oxime groups is 1. The van der Waals surface area contributed by atoms with E-state index >= 15 is 0 Å². The average molecular weight is 566 g/mol. The van der Waals surface area contributed by atoms with E-state index in [1.54, 1.807) is 39.8 Å². The number of rotatable bonds is 8. The molecule has 0 radical (unpaired) electrons. The minimum absolute atomic E-state index is 0.00441. The van der Waals surface area contributed by atoms with Crippen molar-refractivity contribution in [3.05, 3.63) is 34.5 Å². The van der Waals surface area contributed by atoms with E-state index in [2.05, 4.69) is 20.3 Å². The van der Waals surface area contributed by atoms with Crippen LogP contribution in [0, 0.1) is 5.41 Å². The zero-order valence-corrected chi connectivity index (χ0v) is 22.9. The highest BCUT2D eigenvalue weighted by Crippen LogP contribution is 2.41. The lowest BCUT2D eigenvalue weighted by Crippen LogP contribution is -2.71. The summed E-state index contributed by atoms with van der Waals surface area (Å²) in [5.41, 5.74) is 5.11. The van der Waals surface area contributed by atoms with E-state index in [0.29, 0.717) is 11.3 Å². The molecule has 0 bridgehead atoms. The van der Waals surface area contributed by atoms with Crippen molar-refractivity contribution in [2.24, 2.45) is 10.6 Å². The van der Waals surface area contributed by atoms with Gasteiger partial charge in [-0.3, -0.25) is 19.3 Å². The van der Waals surface area contributed by atoms with Crippen molar-refractivity contribution in [2.45, 2.75) is 46.0 Å². The first-order valence-corrected chi connectivity index (χ1v) is 13.2. The summed E-state index contributed by atoms with van der Waals surface area (Å²) in [6.07, 6.45) is 3.39. The number of aromatic nitrogens is 1. The summed E-state index contributed by atoms with van der Waals surface area (Å²) in [4.78, 5) is 72.1. The maximum atomic E-state index is 13.1. The number of nitrogens with zero attached hydrogens (tertiary/aromatic N) is 3. The van der Waals surface area contributed by atoms with Gasteiger partial charge in [-0.15, -0.1) is 23.1 Å². The summed E-state index contributed by atoms with van der Waals surface area (Å²) in [5, 5.41) is 7.12. The Morgan fingerprint density at radius 3 is 2.58 bits per heavy atom. The van der Waals surface area contributed by atoms with Crippen LogP contribution >= 0.6 is 23.1 Å². The maximum Gasteiger partial charge on any atom is 0.358 e. The number of ether oxygens (including phenoxy) is 2. The largest absolute Gasteiger partial charge is 0.427 e. The van der Waals surface area contributed by atoms with E-state index in [1.807, 2.05) is 0 Å². The number of amides is 2. The van der Waals surface area contributed by atoms with Crippen LogP contribution in [0.4, 0.5) is 5.13 Å². The highest BCUT2D eigenvalue weighted by Gasteiger charge is 2.54. The van der Waals surface area contributed by atoms with Crippen molar-refractivity contribution in [1.82, 2.24) is 15.2 Å². The predicted molar refractivity (Wildman–Crippen MR) is 138 cm³/mol. The normalized spacial score (nSPS) is 19.6. The molecule has 0 aliphatic carbocycles. The average Bonchev–Trinajstić information content (AvgIpc) is 3.27. The van der Waals surface area contributed by atoms with Gasteiger partial charge in [0.05, 0.1) is 5.41 Å². The number of allylic oxidation sites excluding steroid dienone is 2. The minimum atomic E-state index is -1.01. The lowest BCUT2D eigenvalue weighted by molar-refractivity contribution is -0.173. The Labute approximate surface area is 226 Å². The van der Waals surface area contributed by atoms with Crippen LogP contribution in [0.3, 0.4) is 0 Å². The van der Waals surface area contributed by atoms with Crippen LogP contribution in [0.25, 0.3) is 0 Å². The molecule has 2 amide bonds. The van der Waals surface area contributed by atoms with Gasteiger partial charge in [0.1, 0.15) is 22.8 Å². The molecule has 1 fully saturated rings. The van der Waals surface area contributed by atoms with Gasteiger partial charge in [0.25, 0.3) is 11.8 Å². The molecule has 3 rings (SSSR count). The van der Waals surface area contributed by atoms with E-state index in [4.69, 9.17) is 15.2 Å². The number of β-lactam (4-membered cyclic amide) rings is 1. The van der Waals surface area contributed by atoms with E-state index in [1.165, 1.54) is 22.0 Å². The van der Waals surface area contributed by atoms with Gasteiger partial charge >= 0.3 is 17.9 Å². The molecule has 0 spiro atoms. The Balaban J connectivity index is 1.76. The molecule has 2 aliphatic heterocycles. The topological polar surface area (TPSA) is 180 Å². The van der Waals surface area contributed by atoms with Crippen LogP contribution in [-0.2, 0) is 38.3 Å². The molecule has 1 aromatic heterocycles. The Morgan fingerprint density at radius 2 is 2.00 bits per heavy atom. The molecule has 3 heterocycles. The number of thioether (sulfide) groups is 1. The second kappa shape index (κ2) is 11.8. The smallest absolute Gasteiger partial charge is 0.358 e. The maximum absolute atomic E-state index is 13.1. The fourth-order valence-electron chi connectivity index (χ4n) is 3.30. The van der Waals surface area contributed by atoms with E-state index in [9.17, 15) is 24.0 Å². The molecule has 0 aromatic carbocycles. The molecule has 0 saturated carbocycles. The monoisotopic (exact) mass is 565 g/mol. The van der Waals surface area contributed by atoms with E-state index in [0.717, 1.165) is 18.3 Å². The van der Waals surface area contributed by atoms with E-state index < -0.39 is 53.3 Å². The number of hydrogen-bond donors (Lipinski definition) is 2. The van der Waals surface area contributed by atoms with Crippen molar-refractivity contribution in [1.29, 1.82) is 0 Å². The van der Waals surface area contributed by atoms with Crippen LogP contribution in [0.1, 0.15) is 40.3 Å². The van der Waals surface area contributed by atoms with Crippen molar-refractivity contribution >= 4 is 63.7 Å². The van der Waals surface area contributed by atoms with Crippen LogP contribution < -0.4 is 11.1 Å². The summed E-state index contributed by atoms with van der Waals surface area (Å²) in [5.74, 6) is -3.21. The summed E-state index contributed by atoms with van der Waals surface area (Å²) >= 11 is 2.38. The first-order chi connectivity index (χ1) is 17.8. The van der Waals surface area contributed by atoms with Gasteiger partial charge in [0.2, 0.25) is 6.79 Å². The molecule has 1 saturated heterocycles. The van der Waals surface area contributed by atoms with Crippen molar-refractivity contribution in [3.63, 3.8) is 0 Å². The summed E-state index contributed by atoms with van der Waals surface area (Å²) in [7, 11) is 0. The third-order valence-electron chi connectivity index (χ3n) is 5.08. The second-order valence-electron chi connectivity index (χ2n) is 9.06. The fraction of sp³-hybridized carbons (Fsp3) is 0.435. The van der Waals surface area contributed by atoms with Crippen LogP contribution in [0.15, 0.2) is 34.0 Å². The van der Waals surface area contributed by atoms with Gasteiger partial charge in [-0.2, -0.15) is 0 Å². The van der Waals surface area contributed by atoms with Gasteiger partial charge < -0.3 is 25.4 Å². The second-order valence-corrected chi connectivity index (χ2v) is 11.1. The summed E-state index contributed by atoms with van der Waals surface area (Å²) < 4.78 is 10.1. The number of hydrogen-bond acceptors (Lipinski definition) is 13. The van der Waals surface area contributed by atoms with Crippen molar-refractivity contribution < 1.29 is 38.3 Å². The molecule has 0 unspecified atom stereocenters. The number of nitrogens with one attached hydrogen (secondary N) is 1. The molecular formula is C23H27N5O8S2. The summed E-state index contributed by atoms with van der Waals surface area (Å²) in [6, 6.07) is -1.01. The summed E-state index contributed by atoms with van der Waals surface area (Å²) in [6.45, 7) is 7.23. The standard InChI is InChI=1S/C23H27N5O8S2/c1-6-7-12-8-37-19-15(26-17(30)14(27-36-11(2)29)13-9-38-22(24)25-13)18(31)28(19)16(12)20(32)34-10-35-21(33)23(3,4)5/h6-7,9,15,19H,8,10H2,1-5H3,(H2,24,25)(H,26,30)/b7-6+,27-14-/t15-,19-/m1/s1. The molecule has 204 valence electrons. The Hall–Kier alpha value is -3.72. The molecule has 13 nitrogen and oxygen atoms in total. The first-order valence-electron chi connectivity index (χ1n) is 11.3. The predicted octanol–water partition coefficient (Wildman–Crippen LogP) is 1.31. The fourth-order valence-corrected chi connectivity index (χ4v) is 5.17. The quantitative estimate of drug-likeness (QED) is 0.116. The first kappa shape index (κ1) is 28.8. The van der Waals surface area contributed by atoms with Crippen LogP contribution in [0.5, 0.6) is 0 Å².